The molecule has 0 aliphatic heterocycles. The minimum atomic E-state index is -0.516. The molecular formula is C11H13IN2O4. The first-order valence-corrected chi connectivity index (χ1v) is 6.26. The van der Waals surface area contributed by atoms with Gasteiger partial charge in [-0.3, -0.25) is 14.9 Å². The van der Waals surface area contributed by atoms with Gasteiger partial charge in [0.25, 0.3) is 11.6 Å². The maximum Gasteiger partial charge on any atom is 0.271 e. The Morgan fingerprint density at radius 1 is 1.56 bits per heavy atom. The van der Waals surface area contributed by atoms with Crippen molar-refractivity contribution >= 4 is 34.2 Å². The highest BCUT2D eigenvalue weighted by Crippen LogP contribution is 2.18. The monoisotopic (exact) mass is 364 g/mol. The topological polar surface area (TPSA) is 81.5 Å². The van der Waals surface area contributed by atoms with Crippen LogP contribution in [-0.4, -0.2) is 30.6 Å². The van der Waals surface area contributed by atoms with Crippen LogP contribution in [0.3, 0.4) is 0 Å². The van der Waals surface area contributed by atoms with Crippen molar-refractivity contribution in [3.05, 3.63) is 37.4 Å². The SMILES string of the molecule is COCC(C)NC(=O)c1cc(I)cc([N+](=O)[O-])c1. The van der Waals surface area contributed by atoms with Crippen LogP contribution in [0.15, 0.2) is 18.2 Å². The first-order chi connectivity index (χ1) is 8.43. The number of halogens is 1. The fourth-order valence-electron chi connectivity index (χ4n) is 1.41. The number of non-ortho nitro benzene ring substituents is 1. The van der Waals surface area contributed by atoms with Crippen LogP contribution >= 0.6 is 22.6 Å². The smallest absolute Gasteiger partial charge is 0.271 e. The first-order valence-electron chi connectivity index (χ1n) is 5.19. The average Bonchev–Trinajstić information content (AvgIpc) is 2.28. The number of ether oxygens (including phenoxy) is 1. The molecule has 0 saturated heterocycles. The number of nitro groups is 1. The molecule has 0 aliphatic rings. The molecule has 0 saturated carbocycles. The lowest BCUT2D eigenvalue weighted by atomic mass is 10.2. The van der Waals surface area contributed by atoms with Gasteiger partial charge in [0, 0.05) is 34.4 Å². The summed E-state index contributed by atoms with van der Waals surface area (Å²) in [4.78, 5) is 22.1. The number of nitro benzene ring substituents is 1. The van der Waals surface area contributed by atoms with Gasteiger partial charge >= 0.3 is 0 Å². The van der Waals surface area contributed by atoms with Crippen molar-refractivity contribution in [2.24, 2.45) is 0 Å². The van der Waals surface area contributed by atoms with Crippen molar-refractivity contribution in [2.75, 3.05) is 13.7 Å². The van der Waals surface area contributed by atoms with Crippen molar-refractivity contribution in [3.63, 3.8) is 0 Å². The summed E-state index contributed by atoms with van der Waals surface area (Å²) in [6.07, 6.45) is 0. The van der Waals surface area contributed by atoms with E-state index < -0.39 is 4.92 Å². The summed E-state index contributed by atoms with van der Waals surface area (Å²) in [5.41, 5.74) is 0.183. The van der Waals surface area contributed by atoms with E-state index in [4.69, 9.17) is 4.74 Å². The van der Waals surface area contributed by atoms with Crippen LogP contribution in [0.5, 0.6) is 0 Å². The van der Waals surface area contributed by atoms with E-state index in [1.54, 1.807) is 20.1 Å². The van der Waals surface area contributed by atoms with Gasteiger partial charge < -0.3 is 10.1 Å². The Morgan fingerprint density at radius 3 is 2.78 bits per heavy atom. The Hall–Kier alpha value is -1.22. The van der Waals surface area contributed by atoms with E-state index in [9.17, 15) is 14.9 Å². The maximum atomic E-state index is 11.9. The molecule has 0 radical (unpaired) electrons. The Balaban J connectivity index is 2.88. The minimum absolute atomic E-state index is 0.0913. The summed E-state index contributed by atoms with van der Waals surface area (Å²) in [5, 5.41) is 13.4. The van der Waals surface area contributed by atoms with Crippen LogP contribution in [0.4, 0.5) is 5.69 Å². The highest BCUT2D eigenvalue weighted by atomic mass is 127. The second kappa shape index (κ2) is 6.64. The lowest BCUT2D eigenvalue weighted by Gasteiger charge is -2.12. The van der Waals surface area contributed by atoms with Crippen LogP contribution in [0, 0.1) is 13.7 Å². The van der Waals surface area contributed by atoms with Gasteiger partial charge in [-0.2, -0.15) is 0 Å². The summed E-state index contributed by atoms with van der Waals surface area (Å²) >= 11 is 1.94. The van der Waals surface area contributed by atoms with Crippen molar-refractivity contribution in [1.29, 1.82) is 0 Å². The van der Waals surface area contributed by atoms with Crippen LogP contribution in [0.2, 0.25) is 0 Å². The molecule has 1 atom stereocenters. The van der Waals surface area contributed by atoms with E-state index in [-0.39, 0.29) is 23.2 Å². The van der Waals surface area contributed by atoms with E-state index in [1.165, 1.54) is 12.1 Å². The van der Waals surface area contributed by atoms with Crippen molar-refractivity contribution < 1.29 is 14.5 Å². The molecule has 1 N–H and O–H groups in total. The standard InChI is InChI=1S/C11H13IN2O4/c1-7(6-18-2)13-11(15)8-3-9(12)5-10(4-8)14(16)17/h3-5,7H,6H2,1-2H3,(H,13,15). The quantitative estimate of drug-likeness (QED) is 0.492. The predicted octanol–water partition coefficient (Wildman–Crippen LogP) is 1.96. The second-order valence-corrected chi connectivity index (χ2v) is 5.03. The number of hydrogen-bond donors (Lipinski definition) is 1. The van der Waals surface area contributed by atoms with E-state index >= 15 is 0 Å². The van der Waals surface area contributed by atoms with Crippen LogP contribution in [-0.2, 0) is 4.74 Å². The Kier molecular flexibility index (Phi) is 5.48. The molecule has 98 valence electrons. The summed E-state index contributed by atoms with van der Waals surface area (Å²) in [5.74, 6) is -0.346. The average molecular weight is 364 g/mol. The molecule has 0 spiro atoms. The summed E-state index contributed by atoms with van der Waals surface area (Å²) < 4.78 is 5.55. The zero-order chi connectivity index (χ0) is 13.7. The maximum absolute atomic E-state index is 11.9. The van der Waals surface area contributed by atoms with E-state index in [0.717, 1.165) is 0 Å². The van der Waals surface area contributed by atoms with Gasteiger partial charge in [0.05, 0.1) is 11.5 Å². The number of carbonyl (C=O) groups is 1. The lowest BCUT2D eigenvalue weighted by Crippen LogP contribution is -2.35. The number of amides is 1. The van der Waals surface area contributed by atoms with Crippen LogP contribution in [0.25, 0.3) is 0 Å². The minimum Gasteiger partial charge on any atom is -0.383 e. The van der Waals surface area contributed by atoms with Crippen LogP contribution < -0.4 is 5.32 Å². The van der Waals surface area contributed by atoms with Gasteiger partial charge in [0.1, 0.15) is 0 Å². The summed E-state index contributed by atoms with van der Waals surface area (Å²) in [6.45, 7) is 2.18. The van der Waals surface area contributed by atoms with E-state index in [2.05, 4.69) is 5.32 Å². The third kappa shape index (κ3) is 4.22. The predicted molar refractivity (Wildman–Crippen MR) is 74.6 cm³/mol. The summed E-state index contributed by atoms with van der Waals surface area (Å²) in [7, 11) is 1.54. The van der Waals surface area contributed by atoms with Crippen molar-refractivity contribution in [2.45, 2.75) is 13.0 Å². The largest absolute Gasteiger partial charge is 0.383 e. The number of benzene rings is 1. The second-order valence-electron chi connectivity index (χ2n) is 3.79. The first kappa shape index (κ1) is 14.8. The molecule has 0 heterocycles. The fraction of sp³-hybridized carbons (Fsp3) is 0.364. The summed E-state index contributed by atoms with van der Waals surface area (Å²) in [6, 6.07) is 4.12. The number of nitrogens with one attached hydrogen (secondary N) is 1. The zero-order valence-corrected chi connectivity index (χ0v) is 12.1. The zero-order valence-electron chi connectivity index (χ0n) is 9.97. The van der Waals surface area contributed by atoms with Gasteiger partial charge in [0.2, 0.25) is 0 Å². The molecule has 0 fully saturated rings. The van der Waals surface area contributed by atoms with Gasteiger partial charge in [-0.05, 0) is 35.6 Å². The van der Waals surface area contributed by atoms with Gasteiger partial charge in [-0.15, -0.1) is 0 Å². The molecule has 0 bridgehead atoms. The number of methoxy groups -OCH3 is 1. The number of nitrogens with zero attached hydrogens (tertiary/aromatic N) is 1. The van der Waals surface area contributed by atoms with E-state index in [0.29, 0.717) is 10.2 Å². The molecule has 1 rings (SSSR count). The normalized spacial score (nSPS) is 11.9. The van der Waals surface area contributed by atoms with Crippen molar-refractivity contribution in [1.82, 2.24) is 5.32 Å². The molecule has 1 aromatic carbocycles. The van der Waals surface area contributed by atoms with Gasteiger partial charge in [-0.1, -0.05) is 0 Å². The molecule has 6 nitrogen and oxygen atoms in total. The van der Waals surface area contributed by atoms with E-state index in [1.807, 2.05) is 22.6 Å². The molecule has 1 amide bonds. The third-order valence-electron chi connectivity index (χ3n) is 2.15. The molecule has 0 aromatic heterocycles. The molecule has 0 aliphatic carbocycles. The Labute approximate surface area is 118 Å². The molecule has 1 unspecified atom stereocenters. The molecule has 18 heavy (non-hydrogen) atoms. The van der Waals surface area contributed by atoms with Gasteiger partial charge in [0.15, 0.2) is 0 Å². The Bertz CT molecular complexity index is 464. The molecular weight excluding hydrogens is 351 g/mol. The molecule has 7 heteroatoms. The lowest BCUT2D eigenvalue weighted by molar-refractivity contribution is -0.385. The highest BCUT2D eigenvalue weighted by molar-refractivity contribution is 14.1. The van der Waals surface area contributed by atoms with Crippen LogP contribution in [0.1, 0.15) is 17.3 Å². The fourth-order valence-corrected chi connectivity index (χ4v) is 2.06. The van der Waals surface area contributed by atoms with Crippen molar-refractivity contribution in [3.8, 4) is 0 Å². The number of carbonyl (C=O) groups excluding carboxylic acids is 1. The molecule has 1 aromatic rings. The number of hydrogen-bond acceptors (Lipinski definition) is 4. The Morgan fingerprint density at radius 2 is 2.22 bits per heavy atom. The highest BCUT2D eigenvalue weighted by Gasteiger charge is 2.15. The van der Waals surface area contributed by atoms with Gasteiger partial charge in [-0.25, -0.2) is 0 Å². The number of rotatable bonds is 5. The third-order valence-corrected chi connectivity index (χ3v) is 2.77.